The lowest BCUT2D eigenvalue weighted by molar-refractivity contribution is 0.00560. The van der Waals surface area contributed by atoms with Crippen molar-refractivity contribution in [1.29, 1.82) is 0 Å². The minimum atomic E-state index is -0.651. The van der Waals surface area contributed by atoms with E-state index in [0.29, 0.717) is 30.3 Å². The summed E-state index contributed by atoms with van der Waals surface area (Å²) in [4.78, 5) is 19.1. The van der Waals surface area contributed by atoms with E-state index in [-0.39, 0.29) is 5.97 Å². The molecular weight excluding hydrogens is 622 g/mol. The summed E-state index contributed by atoms with van der Waals surface area (Å²) in [5.74, 6) is 0.551. The van der Waals surface area contributed by atoms with Crippen molar-refractivity contribution in [3.05, 3.63) is 82.3 Å². The lowest BCUT2D eigenvalue weighted by Crippen LogP contribution is -2.45. The van der Waals surface area contributed by atoms with Gasteiger partial charge < -0.3 is 18.9 Å². The Morgan fingerprint density at radius 1 is 0.896 bits per heavy atom. The molecule has 8 nitrogen and oxygen atoms in total. The molecule has 1 fully saturated rings. The number of rotatable bonds is 10. The van der Waals surface area contributed by atoms with Crippen LogP contribution in [0.2, 0.25) is 5.02 Å². The normalized spacial score (nSPS) is 14.7. The molecule has 3 heterocycles. The van der Waals surface area contributed by atoms with E-state index in [1.54, 1.807) is 0 Å². The van der Waals surface area contributed by atoms with Gasteiger partial charge >= 0.3 is 5.97 Å². The van der Waals surface area contributed by atoms with Crippen LogP contribution in [0.3, 0.4) is 0 Å². The molecule has 0 radical (unpaired) electrons. The van der Waals surface area contributed by atoms with E-state index in [1.807, 2.05) is 69.8 Å². The van der Waals surface area contributed by atoms with Crippen LogP contribution in [-0.4, -0.2) is 82.1 Å². The van der Waals surface area contributed by atoms with E-state index >= 15 is 0 Å². The van der Waals surface area contributed by atoms with Gasteiger partial charge in [0.1, 0.15) is 17.0 Å². The molecule has 254 valence electrons. The molecule has 0 atom stereocenters. The monoisotopic (exact) mass is 669 g/mol. The highest BCUT2D eigenvalue weighted by Crippen LogP contribution is 2.42. The van der Waals surface area contributed by atoms with E-state index in [0.717, 1.165) is 94.6 Å². The summed E-state index contributed by atoms with van der Waals surface area (Å²) in [6.45, 7) is 15.8. The second-order valence-electron chi connectivity index (χ2n) is 14.0. The van der Waals surface area contributed by atoms with Crippen molar-refractivity contribution in [3.63, 3.8) is 0 Å². The highest BCUT2D eigenvalue weighted by Gasteiger charge is 2.31. The standard InChI is InChI=1S/C39H48ClN5O3/c1-26-34(27(2)43(7)41-26)35-32(40)18-17-31-30(15-11-25-47-33-16-10-13-28-12-8-9-14-29(28)33)37(38(46)48-39(3,4)5)45(36(31)35)24-23-44-21-19-42(6)20-22-44/h8-10,12-14,16-18H,11,15,19-25H2,1-7H3. The fourth-order valence-electron chi connectivity index (χ4n) is 6.97. The van der Waals surface area contributed by atoms with Crippen molar-refractivity contribution >= 4 is 39.2 Å². The van der Waals surface area contributed by atoms with Gasteiger partial charge in [0.15, 0.2) is 0 Å². The molecule has 0 saturated carbocycles. The second-order valence-corrected chi connectivity index (χ2v) is 14.5. The lowest BCUT2D eigenvalue weighted by Gasteiger charge is -2.32. The Labute approximate surface area is 289 Å². The lowest BCUT2D eigenvalue weighted by atomic mass is 9.98. The number of carbonyl (C=O) groups is 1. The molecular formula is C39H48ClN5O3. The topological polar surface area (TPSA) is 64.8 Å². The van der Waals surface area contributed by atoms with Crippen LogP contribution < -0.4 is 4.74 Å². The molecule has 0 aliphatic carbocycles. The molecule has 0 amide bonds. The molecule has 1 aliphatic rings. The summed E-state index contributed by atoms with van der Waals surface area (Å²) in [5, 5.41) is 8.64. The van der Waals surface area contributed by atoms with Crippen LogP contribution in [0.15, 0.2) is 54.6 Å². The smallest absolute Gasteiger partial charge is 0.355 e. The van der Waals surface area contributed by atoms with Crippen LogP contribution in [-0.2, 0) is 24.8 Å². The summed E-state index contributed by atoms with van der Waals surface area (Å²) in [6, 6.07) is 18.4. The number of benzene rings is 3. The predicted molar refractivity (Wildman–Crippen MR) is 195 cm³/mol. The van der Waals surface area contributed by atoms with E-state index in [9.17, 15) is 4.79 Å². The zero-order valence-corrected chi connectivity index (χ0v) is 30.2. The molecule has 0 bridgehead atoms. The number of carbonyl (C=O) groups excluding carboxylic acids is 1. The molecule has 5 aromatic rings. The number of likely N-dealkylation sites (N-methyl/N-ethyl adjacent to an activating group) is 1. The highest BCUT2D eigenvalue weighted by molar-refractivity contribution is 6.35. The van der Waals surface area contributed by atoms with Gasteiger partial charge in [-0.1, -0.05) is 54.1 Å². The Morgan fingerprint density at radius 3 is 2.33 bits per heavy atom. The van der Waals surface area contributed by atoms with Crippen LogP contribution in [0.1, 0.15) is 54.6 Å². The van der Waals surface area contributed by atoms with E-state index in [1.165, 1.54) is 0 Å². The molecule has 1 saturated heterocycles. The summed E-state index contributed by atoms with van der Waals surface area (Å²) in [7, 11) is 4.13. The number of esters is 1. The number of ether oxygens (including phenoxy) is 2. The van der Waals surface area contributed by atoms with Gasteiger partial charge in [-0.05, 0) is 77.6 Å². The van der Waals surface area contributed by atoms with Gasteiger partial charge in [-0.15, -0.1) is 0 Å². The van der Waals surface area contributed by atoms with Crippen molar-refractivity contribution in [2.75, 3.05) is 46.4 Å². The van der Waals surface area contributed by atoms with Gasteiger partial charge in [-0.3, -0.25) is 9.58 Å². The minimum Gasteiger partial charge on any atom is -0.493 e. The van der Waals surface area contributed by atoms with Gasteiger partial charge in [-0.25, -0.2) is 4.79 Å². The largest absolute Gasteiger partial charge is 0.493 e. The number of piperazine rings is 1. The Bertz CT molecular complexity index is 1940. The van der Waals surface area contributed by atoms with Crippen LogP contribution in [0.25, 0.3) is 32.8 Å². The predicted octanol–water partition coefficient (Wildman–Crippen LogP) is 7.68. The molecule has 1 aliphatic heterocycles. The Balaban J connectivity index is 1.45. The average Bonchev–Trinajstić information content (AvgIpc) is 3.49. The maximum Gasteiger partial charge on any atom is 0.355 e. The first-order valence-electron chi connectivity index (χ1n) is 17.0. The molecule has 0 spiro atoms. The number of halogens is 1. The van der Waals surface area contributed by atoms with Crippen molar-refractivity contribution in [2.24, 2.45) is 7.05 Å². The number of aryl methyl sites for hydroxylation is 3. The SMILES string of the molecule is Cc1nn(C)c(C)c1-c1c(Cl)ccc2c(CCCOc3cccc4ccccc34)c(C(=O)OC(C)(C)C)n(CCN3CCN(C)CC3)c12. The number of nitrogens with zero attached hydrogens (tertiary/aromatic N) is 5. The van der Waals surface area contributed by atoms with Crippen LogP contribution in [0.5, 0.6) is 5.75 Å². The quantitative estimate of drug-likeness (QED) is 0.112. The summed E-state index contributed by atoms with van der Waals surface area (Å²) in [6.07, 6.45) is 1.36. The molecule has 3 aromatic carbocycles. The van der Waals surface area contributed by atoms with Crippen molar-refractivity contribution < 1.29 is 14.3 Å². The molecule has 0 N–H and O–H groups in total. The minimum absolute atomic E-state index is 0.316. The highest BCUT2D eigenvalue weighted by atomic mass is 35.5. The molecule has 2 aromatic heterocycles. The van der Waals surface area contributed by atoms with Crippen LogP contribution >= 0.6 is 11.6 Å². The Morgan fingerprint density at radius 2 is 1.62 bits per heavy atom. The maximum atomic E-state index is 14.3. The average molecular weight is 670 g/mol. The van der Waals surface area contributed by atoms with E-state index in [2.05, 4.69) is 52.6 Å². The van der Waals surface area contributed by atoms with Crippen molar-refractivity contribution in [3.8, 4) is 16.9 Å². The third-order valence-corrected chi connectivity index (χ3v) is 9.76. The third-order valence-electron chi connectivity index (χ3n) is 9.44. The number of hydrogen-bond donors (Lipinski definition) is 0. The summed E-state index contributed by atoms with van der Waals surface area (Å²) >= 11 is 7.12. The van der Waals surface area contributed by atoms with Crippen molar-refractivity contribution in [2.45, 2.75) is 59.6 Å². The Kier molecular flexibility index (Phi) is 9.88. The first-order chi connectivity index (χ1) is 22.9. The first-order valence-corrected chi connectivity index (χ1v) is 17.4. The zero-order valence-electron chi connectivity index (χ0n) is 29.4. The van der Waals surface area contributed by atoms with Crippen LogP contribution in [0, 0.1) is 13.8 Å². The fraction of sp³-hybridized carbons (Fsp3) is 0.436. The molecule has 9 heteroatoms. The molecule has 6 rings (SSSR count). The van der Waals surface area contributed by atoms with Gasteiger partial charge in [0, 0.05) is 73.9 Å². The third kappa shape index (κ3) is 6.98. The van der Waals surface area contributed by atoms with Crippen LogP contribution in [0.4, 0.5) is 0 Å². The van der Waals surface area contributed by atoms with Gasteiger partial charge in [0.05, 0.1) is 22.8 Å². The second kappa shape index (κ2) is 13.9. The van der Waals surface area contributed by atoms with E-state index in [4.69, 9.17) is 26.2 Å². The van der Waals surface area contributed by atoms with E-state index < -0.39 is 5.60 Å². The molecule has 0 unspecified atom stereocenters. The number of aromatic nitrogens is 3. The first kappa shape index (κ1) is 34.0. The fourth-order valence-corrected chi connectivity index (χ4v) is 7.21. The molecule has 48 heavy (non-hydrogen) atoms. The zero-order chi connectivity index (χ0) is 34.2. The van der Waals surface area contributed by atoms with Crippen molar-refractivity contribution in [1.82, 2.24) is 24.1 Å². The number of fused-ring (bicyclic) bond motifs is 2. The van der Waals surface area contributed by atoms with Gasteiger partial charge in [0.2, 0.25) is 0 Å². The summed E-state index contributed by atoms with van der Waals surface area (Å²) in [5.41, 5.74) is 5.73. The summed E-state index contributed by atoms with van der Waals surface area (Å²) < 4.78 is 16.6. The van der Waals surface area contributed by atoms with Gasteiger partial charge in [-0.2, -0.15) is 5.10 Å². The Hall–Kier alpha value is -3.85. The maximum absolute atomic E-state index is 14.3. The van der Waals surface area contributed by atoms with Gasteiger partial charge in [0.25, 0.3) is 0 Å². The number of hydrogen-bond acceptors (Lipinski definition) is 6.